The van der Waals surface area contributed by atoms with Gasteiger partial charge in [0.2, 0.25) is 11.8 Å². The predicted octanol–water partition coefficient (Wildman–Crippen LogP) is 4.11. The van der Waals surface area contributed by atoms with Crippen molar-refractivity contribution in [3.8, 4) is 5.88 Å². The number of methoxy groups -OCH3 is 1. The molecule has 1 aromatic heterocycles. The van der Waals surface area contributed by atoms with Crippen LogP contribution in [0.4, 0.5) is 17.1 Å². The number of nitrogens with one attached hydrogen (secondary N) is 3. The molecule has 1 aliphatic rings. The molecule has 0 aliphatic heterocycles. The summed E-state index contributed by atoms with van der Waals surface area (Å²) >= 11 is 0. The SMILES string of the molecule is COc1ncc(NC(=O)c2ccc(NC(=O)C3CC3)cc2)cc1S(=O)(=O)Nc1c(C)cccc1C. The van der Waals surface area contributed by atoms with Crippen LogP contribution in [-0.4, -0.2) is 32.3 Å². The van der Waals surface area contributed by atoms with E-state index in [9.17, 15) is 18.0 Å². The van der Waals surface area contributed by atoms with Gasteiger partial charge in [-0.2, -0.15) is 0 Å². The molecule has 0 unspecified atom stereocenters. The highest BCUT2D eigenvalue weighted by atomic mass is 32.2. The Kier molecular flexibility index (Phi) is 6.74. The van der Waals surface area contributed by atoms with Gasteiger partial charge in [-0.05, 0) is 68.1 Å². The first-order chi connectivity index (χ1) is 16.7. The van der Waals surface area contributed by atoms with E-state index in [2.05, 4.69) is 20.3 Å². The molecule has 182 valence electrons. The van der Waals surface area contributed by atoms with E-state index in [4.69, 9.17) is 4.74 Å². The Morgan fingerprint density at radius 1 is 0.971 bits per heavy atom. The lowest BCUT2D eigenvalue weighted by Gasteiger charge is -2.15. The van der Waals surface area contributed by atoms with Crippen molar-refractivity contribution in [2.24, 2.45) is 5.92 Å². The molecule has 0 atom stereocenters. The van der Waals surface area contributed by atoms with Gasteiger partial charge in [-0.3, -0.25) is 14.3 Å². The maximum atomic E-state index is 13.2. The topological polar surface area (TPSA) is 126 Å². The molecule has 9 nitrogen and oxygen atoms in total. The van der Waals surface area contributed by atoms with Gasteiger partial charge in [0.15, 0.2) is 4.90 Å². The van der Waals surface area contributed by atoms with Crippen molar-refractivity contribution in [2.75, 3.05) is 22.5 Å². The van der Waals surface area contributed by atoms with Crippen LogP contribution in [0.5, 0.6) is 5.88 Å². The number of para-hydroxylation sites is 1. The molecule has 0 bridgehead atoms. The van der Waals surface area contributed by atoms with Gasteiger partial charge in [-0.15, -0.1) is 0 Å². The normalized spacial score (nSPS) is 13.1. The molecule has 10 heteroatoms. The molecule has 0 radical (unpaired) electrons. The van der Waals surface area contributed by atoms with Gasteiger partial charge in [-0.25, -0.2) is 13.4 Å². The highest BCUT2D eigenvalue weighted by Crippen LogP contribution is 2.31. The van der Waals surface area contributed by atoms with Crippen LogP contribution in [0.1, 0.15) is 34.3 Å². The van der Waals surface area contributed by atoms with Crippen LogP contribution >= 0.6 is 0 Å². The second-order valence-corrected chi connectivity index (χ2v) is 10.0. The summed E-state index contributed by atoms with van der Waals surface area (Å²) in [4.78, 5) is 28.5. The third-order valence-electron chi connectivity index (χ3n) is 5.64. The minimum absolute atomic E-state index is 0.0188. The first-order valence-electron chi connectivity index (χ1n) is 11.0. The van der Waals surface area contributed by atoms with Crippen LogP contribution in [0.3, 0.4) is 0 Å². The Labute approximate surface area is 204 Å². The number of rotatable bonds is 8. The zero-order chi connectivity index (χ0) is 25.2. The van der Waals surface area contributed by atoms with Gasteiger partial charge in [-0.1, -0.05) is 18.2 Å². The van der Waals surface area contributed by atoms with E-state index in [1.165, 1.54) is 19.4 Å². The molecule has 1 saturated carbocycles. The van der Waals surface area contributed by atoms with Crippen molar-refractivity contribution in [2.45, 2.75) is 31.6 Å². The van der Waals surface area contributed by atoms with Crippen molar-refractivity contribution in [1.82, 2.24) is 4.98 Å². The van der Waals surface area contributed by atoms with Gasteiger partial charge in [0, 0.05) is 17.2 Å². The summed E-state index contributed by atoms with van der Waals surface area (Å²) in [6.07, 6.45) is 3.12. The molecule has 0 spiro atoms. The van der Waals surface area contributed by atoms with Crippen LogP contribution in [0.15, 0.2) is 59.6 Å². The predicted molar refractivity (Wildman–Crippen MR) is 133 cm³/mol. The molecule has 2 aromatic carbocycles. The third-order valence-corrected chi connectivity index (χ3v) is 6.98. The lowest BCUT2D eigenvalue weighted by atomic mass is 10.1. The van der Waals surface area contributed by atoms with E-state index in [-0.39, 0.29) is 28.3 Å². The average molecular weight is 495 g/mol. The standard InChI is InChI=1S/C25H26N4O5S/c1-15-5-4-6-16(2)22(15)29-35(32,33)21-13-20(14-26-25(21)34-3)28-24(31)18-9-11-19(12-10-18)27-23(30)17-7-8-17/h4-6,9-14,17,29H,7-8H2,1-3H3,(H,27,30)(H,28,31). The van der Waals surface area contributed by atoms with Crippen LogP contribution in [0, 0.1) is 19.8 Å². The number of hydrogen-bond acceptors (Lipinski definition) is 6. The van der Waals surface area contributed by atoms with Gasteiger partial charge in [0.05, 0.1) is 24.7 Å². The van der Waals surface area contributed by atoms with Gasteiger partial charge < -0.3 is 15.4 Å². The summed E-state index contributed by atoms with van der Waals surface area (Å²) in [7, 11) is -2.75. The number of carbonyl (C=O) groups excluding carboxylic acids is 2. The molecule has 4 rings (SSSR count). The van der Waals surface area contributed by atoms with Gasteiger partial charge in [0.25, 0.3) is 15.9 Å². The van der Waals surface area contributed by atoms with Gasteiger partial charge >= 0.3 is 0 Å². The molecular formula is C25H26N4O5S. The Bertz CT molecular complexity index is 1360. The van der Waals surface area contributed by atoms with E-state index < -0.39 is 15.9 Å². The lowest BCUT2D eigenvalue weighted by molar-refractivity contribution is -0.117. The average Bonchev–Trinajstić information content (AvgIpc) is 3.68. The third kappa shape index (κ3) is 5.60. The monoisotopic (exact) mass is 494 g/mol. The number of benzene rings is 2. The maximum Gasteiger partial charge on any atom is 0.267 e. The summed E-state index contributed by atoms with van der Waals surface area (Å²) in [5, 5.41) is 5.48. The number of nitrogens with zero attached hydrogens (tertiary/aromatic N) is 1. The number of carbonyl (C=O) groups is 2. The molecule has 3 aromatic rings. The maximum absolute atomic E-state index is 13.2. The molecule has 1 heterocycles. The van der Waals surface area contributed by atoms with Crippen LogP contribution in [0.25, 0.3) is 0 Å². The fraction of sp³-hybridized carbons (Fsp3) is 0.240. The van der Waals surface area contributed by atoms with Crippen molar-refractivity contribution < 1.29 is 22.7 Å². The summed E-state index contributed by atoms with van der Waals surface area (Å²) in [5.74, 6) is -0.495. The molecular weight excluding hydrogens is 468 g/mol. The van der Waals surface area contributed by atoms with Crippen molar-refractivity contribution in [3.05, 3.63) is 71.4 Å². The Morgan fingerprint density at radius 2 is 1.63 bits per heavy atom. The molecule has 1 fully saturated rings. The van der Waals surface area contributed by atoms with E-state index in [0.29, 0.717) is 16.9 Å². The van der Waals surface area contributed by atoms with E-state index in [1.807, 2.05) is 6.07 Å². The van der Waals surface area contributed by atoms with Crippen molar-refractivity contribution >= 4 is 38.9 Å². The fourth-order valence-electron chi connectivity index (χ4n) is 3.51. The number of hydrogen-bond donors (Lipinski definition) is 3. The highest BCUT2D eigenvalue weighted by Gasteiger charge is 2.29. The highest BCUT2D eigenvalue weighted by molar-refractivity contribution is 7.92. The molecule has 1 aliphatic carbocycles. The number of sulfonamides is 1. The number of aromatic nitrogens is 1. The van der Waals surface area contributed by atoms with Crippen molar-refractivity contribution in [3.63, 3.8) is 0 Å². The molecule has 0 saturated heterocycles. The van der Waals surface area contributed by atoms with E-state index >= 15 is 0 Å². The number of ether oxygens (including phenoxy) is 1. The largest absolute Gasteiger partial charge is 0.480 e. The molecule has 3 N–H and O–H groups in total. The zero-order valence-electron chi connectivity index (χ0n) is 19.6. The summed E-state index contributed by atoms with van der Waals surface area (Å²) < 4.78 is 34.1. The first kappa shape index (κ1) is 24.2. The van der Waals surface area contributed by atoms with Crippen LogP contribution in [0.2, 0.25) is 0 Å². The van der Waals surface area contributed by atoms with E-state index in [0.717, 1.165) is 24.0 Å². The van der Waals surface area contributed by atoms with Crippen LogP contribution in [-0.2, 0) is 14.8 Å². The smallest absolute Gasteiger partial charge is 0.267 e. The fourth-order valence-corrected chi connectivity index (χ4v) is 4.86. The Hall–Kier alpha value is -3.92. The summed E-state index contributed by atoms with van der Waals surface area (Å²) in [6.45, 7) is 3.61. The Morgan fingerprint density at radius 3 is 2.23 bits per heavy atom. The lowest BCUT2D eigenvalue weighted by Crippen LogP contribution is -2.18. The van der Waals surface area contributed by atoms with Gasteiger partial charge in [0.1, 0.15) is 0 Å². The summed E-state index contributed by atoms with van der Waals surface area (Å²) in [5.41, 5.74) is 3.13. The van der Waals surface area contributed by atoms with Crippen molar-refractivity contribution in [1.29, 1.82) is 0 Å². The molecule has 2 amide bonds. The second kappa shape index (κ2) is 9.75. The minimum Gasteiger partial charge on any atom is -0.480 e. The number of amides is 2. The Balaban J connectivity index is 1.53. The minimum atomic E-state index is -4.07. The summed E-state index contributed by atoms with van der Waals surface area (Å²) in [6, 6.07) is 13.2. The zero-order valence-corrected chi connectivity index (χ0v) is 20.4. The molecule has 35 heavy (non-hydrogen) atoms. The van der Waals surface area contributed by atoms with E-state index in [1.54, 1.807) is 50.2 Å². The number of aryl methyl sites for hydroxylation is 2. The number of pyridine rings is 1. The first-order valence-corrected chi connectivity index (χ1v) is 12.5. The quantitative estimate of drug-likeness (QED) is 0.433. The number of anilines is 3. The second-order valence-electron chi connectivity index (χ2n) is 8.40. The van der Waals surface area contributed by atoms with Crippen LogP contribution < -0.4 is 20.1 Å².